The molecule has 0 saturated carbocycles. The summed E-state index contributed by atoms with van der Waals surface area (Å²) in [5.74, 6) is 2.84. The van der Waals surface area contributed by atoms with E-state index in [4.69, 9.17) is 24.2 Å². The highest BCUT2D eigenvalue weighted by Crippen LogP contribution is 2.37. The monoisotopic (exact) mass is 516 g/mol. The van der Waals surface area contributed by atoms with Gasteiger partial charge in [-0.25, -0.2) is 9.97 Å². The van der Waals surface area contributed by atoms with Crippen LogP contribution in [0.3, 0.4) is 0 Å². The molecule has 0 unspecified atom stereocenters. The van der Waals surface area contributed by atoms with Crippen LogP contribution in [0.25, 0.3) is 21.8 Å². The van der Waals surface area contributed by atoms with Crippen LogP contribution in [0.15, 0.2) is 41.5 Å². The van der Waals surface area contributed by atoms with E-state index in [1.165, 1.54) is 0 Å². The Morgan fingerprint density at radius 3 is 2.34 bits per heavy atom. The van der Waals surface area contributed by atoms with E-state index in [1.54, 1.807) is 20.5 Å². The number of methoxy groups -OCH3 is 2. The van der Waals surface area contributed by atoms with Crippen LogP contribution in [-0.4, -0.2) is 73.1 Å². The molecule has 0 atom stereocenters. The summed E-state index contributed by atoms with van der Waals surface area (Å²) in [6.07, 6.45) is 3.32. The molecule has 10 nitrogen and oxygen atoms in total. The summed E-state index contributed by atoms with van der Waals surface area (Å²) in [7, 11) is 3.26. The molecule has 0 bridgehead atoms. The highest BCUT2D eigenvalue weighted by molar-refractivity contribution is 5.93. The number of nitrogens with zero attached hydrogens (tertiary/aromatic N) is 6. The Hall–Kier alpha value is -3.92. The third-order valence-corrected chi connectivity index (χ3v) is 7.56. The summed E-state index contributed by atoms with van der Waals surface area (Å²) < 4.78 is 18.5. The van der Waals surface area contributed by atoms with Gasteiger partial charge in [0, 0.05) is 43.7 Å². The van der Waals surface area contributed by atoms with Gasteiger partial charge in [0.1, 0.15) is 5.82 Å². The van der Waals surface area contributed by atoms with Crippen LogP contribution < -0.4 is 24.8 Å². The fraction of sp³-hybridized carbons (Fsp3) is 0.429. The number of anilines is 2. The fourth-order valence-electron chi connectivity index (χ4n) is 5.44. The number of aromatic nitrogens is 4. The second-order valence-corrected chi connectivity index (χ2v) is 9.87. The molecular formula is C28H32N6O4. The van der Waals surface area contributed by atoms with E-state index in [9.17, 15) is 4.79 Å². The Labute approximate surface area is 220 Å². The lowest BCUT2D eigenvalue weighted by Gasteiger charge is -2.35. The van der Waals surface area contributed by atoms with Crippen LogP contribution in [0, 0.1) is 6.92 Å². The van der Waals surface area contributed by atoms with Crippen molar-refractivity contribution in [1.29, 1.82) is 0 Å². The van der Waals surface area contributed by atoms with Crippen LogP contribution in [0.1, 0.15) is 24.4 Å². The molecule has 2 aliphatic rings. The molecule has 0 amide bonds. The number of aryl methyl sites for hydroxylation is 1. The van der Waals surface area contributed by atoms with Gasteiger partial charge in [0.25, 0.3) is 5.56 Å². The topological polar surface area (TPSA) is 94.8 Å². The number of benzene rings is 2. The smallest absolute Gasteiger partial charge is 0.261 e. The van der Waals surface area contributed by atoms with Crippen LogP contribution in [-0.2, 0) is 4.74 Å². The van der Waals surface area contributed by atoms with Gasteiger partial charge in [-0.3, -0.25) is 9.36 Å². The molecule has 0 spiro atoms. The number of piperidine rings is 1. The number of hydrogen-bond donors (Lipinski definition) is 0. The van der Waals surface area contributed by atoms with Gasteiger partial charge in [-0.05, 0) is 38.0 Å². The molecule has 0 N–H and O–H groups in total. The van der Waals surface area contributed by atoms with Crippen molar-refractivity contribution in [2.75, 3.05) is 63.4 Å². The first-order valence-corrected chi connectivity index (χ1v) is 13.0. The van der Waals surface area contributed by atoms with Crippen molar-refractivity contribution in [3.63, 3.8) is 0 Å². The summed E-state index contributed by atoms with van der Waals surface area (Å²) in [6, 6.07) is 9.78. The molecule has 4 heterocycles. The highest BCUT2D eigenvalue weighted by atomic mass is 16.5. The van der Waals surface area contributed by atoms with Gasteiger partial charge in [-0.15, -0.1) is 0 Å². The van der Waals surface area contributed by atoms with Crippen molar-refractivity contribution < 1.29 is 14.2 Å². The van der Waals surface area contributed by atoms with Crippen molar-refractivity contribution in [1.82, 2.24) is 19.5 Å². The molecule has 2 aliphatic heterocycles. The lowest BCUT2D eigenvalue weighted by molar-refractivity contribution is 0.122. The van der Waals surface area contributed by atoms with Crippen molar-refractivity contribution in [3.8, 4) is 11.5 Å². The van der Waals surface area contributed by atoms with E-state index in [1.807, 2.05) is 41.8 Å². The average molecular weight is 517 g/mol. The number of morpholine rings is 1. The van der Waals surface area contributed by atoms with E-state index in [2.05, 4.69) is 14.8 Å². The van der Waals surface area contributed by atoms with Gasteiger partial charge in [0.2, 0.25) is 5.95 Å². The van der Waals surface area contributed by atoms with E-state index < -0.39 is 0 Å². The maximum Gasteiger partial charge on any atom is 0.261 e. The second kappa shape index (κ2) is 10.1. The zero-order chi connectivity index (χ0) is 26.2. The van der Waals surface area contributed by atoms with E-state index >= 15 is 0 Å². The maximum atomic E-state index is 13.3. The molecule has 198 valence electrons. The Bertz CT molecular complexity index is 1540. The van der Waals surface area contributed by atoms with Crippen LogP contribution >= 0.6 is 0 Å². The summed E-state index contributed by atoms with van der Waals surface area (Å²) in [6.45, 7) is 6.31. The normalized spacial score (nSPS) is 16.8. The van der Waals surface area contributed by atoms with Crippen molar-refractivity contribution in [2.45, 2.75) is 25.8 Å². The molecular weight excluding hydrogens is 484 g/mol. The summed E-state index contributed by atoms with van der Waals surface area (Å²) in [4.78, 5) is 32.3. The Morgan fingerprint density at radius 1 is 0.868 bits per heavy atom. The standard InChI is InChI=1S/C28H32N6O4/c1-18-4-5-22-21(14-18)27(35)34(17-29-22)19-6-8-32(9-7-19)26-20-15-24(36-2)25(37-3)16-23(20)30-28(31-26)33-10-12-38-13-11-33/h4-5,14-17,19H,6-13H2,1-3H3. The van der Waals surface area contributed by atoms with E-state index in [0.717, 1.165) is 66.8 Å². The molecule has 0 radical (unpaired) electrons. The van der Waals surface area contributed by atoms with Crippen LogP contribution in [0.5, 0.6) is 11.5 Å². The zero-order valence-corrected chi connectivity index (χ0v) is 22.0. The first-order chi connectivity index (χ1) is 18.6. The first kappa shape index (κ1) is 24.4. The van der Waals surface area contributed by atoms with E-state index in [0.29, 0.717) is 36.0 Å². The molecule has 2 saturated heterocycles. The first-order valence-electron chi connectivity index (χ1n) is 13.0. The summed E-state index contributed by atoms with van der Waals surface area (Å²) in [5.41, 5.74) is 2.63. The number of fused-ring (bicyclic) bond motifs is 2. The van der Waals surface area contributed by atoms with Crippen molar-refractivity contribution in [3.05, 3.63) is 52.6 Å². The second-order valence-electron chi connectivity index (χ2n) is 9.87. The molecule has 38 heavy (non-hydrogen) atoms. The lowest BCUT2D eigenvalue weighted by Crippen LogP contribution is -2.39. The fourth-order valence-corrected chi connectivity index (χ4v) is 5.44. The highest BCUT2D eigenvalue weighted by Gasteiger charge is 2.26. The number of ether oxygens (including phenoxy) is 3. The van der Waals surface area contributed by atoms with Gasteiger partial charge in [0.15, 0.2) is 11.5 Å². The minimum Gasteiger partial charge on any atom is -0.493 e. The lowest BCUT2D eigenvalue weighted by atomic mass is 10.0. The van der Waals surface area contributed by atoms with Crippen LogP contribution in [0.2, 0.25) is 0 Å². The minimum atomic E-state index is 0.0241. The molecule has 10 heteroatoms. The third-order valence-electron chi connectivity index (χ3n) is 7.56. The van der Waals surface area contributed by atoms with E-state index in [-0.39, 0.29) is 11.6 Å². The molecule has 2 fully saturated rings. The van der Waals surface area contributed by atoms with Crippen LogP contribution in [0.4, 0.5) is 11.8 Å². The predicted octanol–water partition coefficient (Wildman–Crippen LogP) is 3.34. The predicted molar refractivity (Wildman–Crippen MR) is 147 cm³/mol. The number of rotatable bonds is 5. The molecule has 4 aromatic rings. The number of hydrogen-bond acceptors (Lipinski definition) is 9. The minimum absolute atomic E-state index is 0.0241. The molecule has 6 rings (SSSR count). The van der Waals surface area contributed by atoms with Gasteiger partial charge in [-0.1, -0.05) is 11.6 Å². The van der Waals surface area contributed by atoms with Gasteiger partial charge in [0.05, 0.1) is 50.2 Å². The quantitative estimate of drug-likeness (QED) is 0.396. The third kappa shape index (κ3) is 4.38. The molecule has 2 aromatic heterocycles. The van der Waals surface area contributed by atoms with Crippen molar-refractivity contribution >= 4 is 33.6 Å². The Balaban J connectivity index is 1.34. The average Bonchev–Trinajstić information content (AvgIpc) is 2.97. The molecule has 0 aliphatic carbocycles. The summed E-state index contributed by atoms with van der Waals surface area (Å²) in [5, 5.41) is 1.59. The zero-order valence-electron chi connectivity index (χ0n) is 22.0. The molecule has 2 aromatic carbocycles. The van der Waals surface area contributed by atoms with Gasteiger partial charge in [-0.2, -0.15) is 4.98 Å². The largest absolute Gasteiger partial charge is 0.493 e. The Kier molecular flexibility index (Phi) is 6.49. The Morgan fingerprint density at radius 2 is 1.61 bits per heavy atom. The van der Waals surface area contributed by atoms with Gasteiger partial charge < -0.3 is 24.0 Å². The SMILES string of the molecule is COc1cc2nc(N3CCOCC3)nc(N3CCC(n4cnc5ccc(C)cc5c4=O)CC3)c2cc1OC. The maximum absolute atomic E-state index is 13.3. The van der Waals surface area contributed by atoms with Gasteiger partial charge >= 0.3 is 0 Å². The summed E-state index contributed by atoms with van der Waals surface area (Å²) >= 11 is 0. The van der Waals surface area contributed by atoms with Crippen molar-refractivity contribution in [2.24, 2.45) is 0 Å².